The number of rotatable bonds is 5. The summed E-state index contributed by atoms with van der Waals surface area (Å²) in [5.74, 6) is 1.03. The lowest BCUT2D eigenvalue weighted by molar-refractivity contribution is -0.146. The molecule has 138 valence electrons. The SMILES string of the molecule is O=C([C@@H]1CCCN(Cc2ccco2)C1)N1CC(Oc2ccccc2F)C1. The van der Waals surface area contributed by atoms with Gasteiger partial charge in [0, 0.05) is 6.54 Å². The molecule has 0 spiro atoms. The van der Waals surface area contributed by atoms with E-state index in [2.05, 4.69) is 4.90 Å². The third-order valence-electron chi connectivity index (χ3n) is 5.10. The second kappa shape index (κ2) is 7.50. The fourth-order valence-electron chi connectivity index (χ4n) is 3.69. The summed E-state index contributed by atoms with van der Waals surface area (Å²) < 4.78 is 24.7. The minimum Gasteiger partial charge on any atom is -0.484 e. The minimum absolute atomic E-state index is 0.0214. The van der Waals surface area contributed by atoms with Crippen LogP contribution in [0.5, 0.6) is 5.75 Å². The molecule has 0 radical (unpaired) electrons. The van der Waals surface area contributed by atoms with Gasteiger partial charge in [-0.1, -0.05) is 12.1 Å². The number of amides is 1. The van der Waals surface area contributed by atoms with Crippen molar-refractivity contribution in [1.82, 2.24) is 9.80 Å². The first-order valence-corrected chi connectivity index (χ1v) is 9.14. The minimum atomic E-state index is -0.363. The van der Waals surface area contributed by atoms with Crippen LogP contribution in [0.1, 0.15) is 18.6 Å². The molecule has 26 heavy (non-hydrogen) atoms. The first-order valence-electron chi connectivity index (χ1n) is 9.14. The number of furan rings is 1. The maximum Gasteiger partial charge on any atom is 0.227 e. The van der Waals surface area contributed by atoms with Gasteiger partial charge in [0.25, 0.3) is 0 Å². The average Bonchev–Trinajstić information content (AvgIpc) is 3.12. The Morgan fingerprint density at radius 2 is 2.04 bits per heavy atom. The number of hydrogen-bond acceptors (Lipinski definition) is 4. The fourth-order valence-corrected chi connectivity index (χ4v) is 3.69. The van der Waals surface area contributed by atoms with E-state index in [0.717, 1.165) is 38.2 Å². The summed E-state index contributed by atoms with van der Waals surface area (Å²) in [6, 6.07) is 10.2. The van der Waals surface area contributed by atoms with Crippen LogP contribution in [-0.4, -0.2) is 48.0 Å². The number of carbonyl (C=O) groups excluding carboxylic acids is 1. The monoisotopic (exact) mass is 358 g/mol. The lowest BCUT2D eigenvalue weighted by Crippen LogP contribution is -2.59. The van der Waals surface area contributed by atoms with Gasteiger partial charge in [-0.2, -0.15) is 0 Å². The normalized spacial score (nSPS) is 21.4. The number of ether oxygens (including phenoxy) is 1. The Balaban J connectivity index is 1.26. The number of para-hydroxylation sites is 1. The Kier molecular flexibility index (Phi) is 4.93. The van der Waals surface area contributed by atoms with E-state index in [0.29, 0.717) is 13.1 Å². The van der Waals surface area contributed by atoms with Gasteiger partial charge in [0.2, 0.25) is 5.91 Å². The molecule has 2 aliphatic heterocycles. The molecule has 0 bridgehead atoms. The van der Waals surface area contributed by atoms with Gasteiger partial charge in [-0.15, -0.1) is 0 Å². The highest BCUT2D eigenvalue weighted by molar-refractivity contribution is 5.80. The third kappa shape index (κ3) is 3.75. The number of nitrogens with zero attached hydrogens (tertiary/aromatic N) is 2. The Bertz CT molecular complexity index is 743. The highest BCUT2D eigenvalue weighted by Gasteiger charge is 2.37. The van der Waals surface area contributed by atoms with Crippen molar-refractivity contribution in [1.29, 1.82) is 0 Å². The molecule has 2 fully saturated rings. The topological polar surface area (TPSA) is 45.9 Å². The van der Waals surface area contributed by atoms with Crippen molar-refractivity contribution in [3.63, 3.8) is 0 Å². The first-order chi connectivity index (χ1) is 12.7. The lowest BCUT2D eigenvalue weighted by atomic mass is 9.94. The van der Waals surface area contributed by atoms with Crippen LogP contribution in [0.15, 0.2) is 47.1 Å². The predicted molar refractivity (Wildman–Crippen MR) is 94.1 cm³/mol. The number of piperidine rings is 1. The van der Waals surface area contributed by atoms with Crippen molar-refractivity contribution >= 4 is 5.91 Å². The zero-order valence-electron chi connectivity index (χ0n) is 14.6. The Labute approximate surface area is 152 Å². The van der Waals surface area contributed by atoms with Gasteiger partial charge in [-0.05, 0) is 43.7 Å². The van der Waals surface area contributed by atoms with Crippen LogP contribution in [0.25, 0.3) is 0 Å². The molecular weight excluding hydrogens is 335 g/mol. The summed E-state index contributed by atoms with van der Waals surface area (Å²) >= 11 is 0. The first kappa shape index (κ1) is 17.1. The van der Waals surface area contributed by atoms with Crippen molar-refractivity contribution in [2.75, 3.05) is 26.2 Å². The number of benzene rings is 1. The van der Waals surface area contributed by atoms with Crippen LogP contribution in [0, 0.1) is 11.7 Å². The van der Waals surface area contributed by atoms with Gasteiger partial charge in [-0.25, -0.2) is 4.39 Å². The van der Waals surface area contributed by atoms with Gasteiger partial charge >= 0.3 is 0 Å². The van der Waals surface area contributed by atoms with Gasteiger partial charge in [0.05, 0.1) is 31.8 Å². The Hall–Kier alpha value is -2.34. The largest absolute Gasteiger partial charge is 0.484 e. The molecule has 1 aromatic carbocycles. The summed E-state index contributed by atoms with van der Waals surface area (Å²) in [5.41, 5.74) is 0. The molecular formula is C20H23FN2O3. The van der Waals surface area contributed by atoms with Gasteiger partial charge in [0.1, 0.15) is 11.9 Å². The number of likely N-dealkylation sites (tertiary alicyclic amines) is 2. The van der Waals surface area contributed by atoms with Crippen LogP contribution in [-0.2, 0) is 11.3 Å². The van der Waals surface area contributed by atoms with E-state index >= 15 is 0 Å². The van der Waals surface area contributed by atoms with E-state index in [9.17, 15) is 9.18 Å². The third-order valence-corrected chi connectivity index (χ3v) is 5.10. The molecule has 1 aromatic heterocycles. The number of halogens is 1. The summed E-state index contributed by atoms with van der Waals surface area (Å²) in [5, 5.41) is 0. The highest BCUT2D eigenvalue weighted by atomic mass is 19.1. The van der Waals surface area contributed by atoms with Crippen molar-refractivity contribution < 1.29 is 18.3 Å². The summed E-state index contributed by atoms with van der Waals surface area (Å²) in [6.07, 6.45) is 3.49. The maximum atomic E-state index is 13.6. The lowest BCUT2D eigenvalue weighted by Gasteiger charge is -2.42. The molecule has 2 saturated heterocycles. The van der Waals surface area contributed by atoms with Crippen LogP contribution < -0.4 is 4.74 Å². The van der Waals surface area contributed by atoms with Crippen LogP contribution >= 0.6 is 0 Å². The Morgan fingerprint density at radius 3 is 2.81 bits per heavy atom. The quantitative estimate of drug-likeness (QED) is 0.825. The van der Waals surface area contributed by atoms with Gasteiger partial charge in [-0.3, -0.25) is 9.69 Å². The van der Waals surface area contributed by atoms with E-state index in [-0.39, 0.29) is 29.5 Å². The molecule has 6 heteroatoms. The standard InChI is InChI=1S/C20H23FN2O3/c21-18-7-1-2-8-19(18)26-17-13-23(14-17)20(24)15-5-3-9-22(11-15)12-16-6-4-10-25-16/h1-2,4,6-8,10,15,17H,3,5,9,11-14H2/t15-/m1/s1. The van der Waals surface area contributed by atoms with Crippen LogP contribution in [0.4, 0.5) is 4.39 Å². The second-order valence-electron chi connectivity index (χ2n) is 7.07. The zero-order chi connectivity index (χ0) is 17.9. The molecule has 0 saturated carbocycles. The number of carbonyl (C=O) groups is 1. The molecule has 5 nitrogen and oxygen atoms in total. The highest BCUT2D eigenvalue weighted by Crippen LogP contribution is 2.25. The second-order valence-corrected chi connectivity index (χ2v) is 7.07. The maximum absolute atomic E-state index is 13.6. The van der Waals surface area contributed by atoms with Crippen molar-refractivity contribution in [3.05, 3.63) is 54.2 Å². The van der Waals surface area contributed by atoms with Crippen molar-refractivity contribution in [3.8, 4) is 5.75 Å². The molecule has 0 unspecified atom stereocenters. The van der Waals surface area contributed by atoms with Gasteiger partial charge < -0.3 is 14.1 Å². The van der Waals surface area contributed by atoms with E-state index in [4.69, 9.17) is 9.15 Å². The molecule has 4 rings (SSSR count). The van der Waals surface area contributed by atoms with E-state index in [1.54, 1.807) is 24.5 Å². The molecule has 3 heterocycles. The average molecular weight is 358 g/mol. The Morgan fingerprint density at radius 1 is 1.19 bits per heavy atom. The van der Waals surface area contributed by atoms with Crippen molar-refractivity contribution in [2.45, 2.75) is 25.5 Å². The molecule has 0 aliphatic carbocycles. The molecule has 2 aliphatic rings. The molecule has 1 amide bonds. The molecule has 2 aromatic rings. The van der Waals surface area contributed by atoms with Crippen LogP contribution in [0.2, 0.25) is 0 Å². The molecule has 1 atom stereocenters. The van der Waals surface area contributed by atoms with Gasteiger partial charge in [0.15, 0.2) is 11.6 Å². The fraction of sp³-hybridized carbons (Fsp3) is 0.450. The van der Waals surface area contributed by atoms with E-state index in [1.807, 2.05) is 17.0 Å². The summed E-state index contributed by atoms with van der Waals surface area (Å²) in [4.78, 5) is 16.8. The number of hydrogen-bond donors (Lipinski definition) is 0. The predicted octanol–water partition coefficient (Wildman–Crippen LogP) is 2.92. The van der Waals surface area contributed by atoms with Crippen molar-refractivity contribution in [2.24, 2.45) is 5.92 Å². The van der Waals surface area contributed by atoms with E-state index < -0.39 is 0 Å². The smallest absolute Gasteiger partial charge is 0.227 e. The summed E-state index contributed by atoms with van der Waals surface area (Å²) in [6.45, 7) is 3.55. The summed E-state index contributed by atoms with van der Waals surface area (Å²) in [7, 11) is 0. The zero-order valence-corrected chi connectivity index (χ0v) is 14.6. The molecule has 0 N–H and O–H groups in total. The van der Waals surface area contributed by atoms with Crippen LogP contribution in [0.3, 0.4) is 0 Å². The van der Waals surface area contributed by atoms with E-state index in [1.165, 1.54) is 6.07 Å².